The van der Waals surface area contributed by atoms with Gasteiger partial charge in [-0.25, -0.2) is 9.98 Å². The summed E-state index contributed by atoms with van der Waals surface area (Å²) in [6.07, 6.45) is 6.93. The van der Waals surface area contributed by atoms with Crippen LogP contribution in [0, 0.1) is 0 Å². The largest absolute Gasteiger partial charge is 0.487 e. The summed E-state index contributed by atoms with van der Waals surface area (Å²) in [5.74, 6) is 0.817. The second kappa shape index (κ2) is 2.10. The summed E-state index contributed by atoms with van der Waals surface area (Å²) in [4.78, 5) is 7.87. The average molecular weight is 134 g/mol. The van der Waals surface area contributed by atoms with Gasteiger partial charge in [-0.15, -0.1) is 0 Å². The normalized spacial score (nSPS) is 20.8. The first kappa shape index (κ1) is 5.41. The molecule has 0 aliphatic carbocycles. The maximum absolute atomic E-state index is 5.20. The highest BCUT2D eigenvalue weighted by molar-refractivity contribution is 5.83. The molecule has 2 heterocycles. The molecule has 0 amide bonds. The van der Waals surface area contributed by atoms with Gasteiger partial charge in [-0.05, 0) is 6.08 Å². The molecule has 0 bridgehead atoms. The number of rotatable bonds is 0. The van der Waals surface area contributed by atoms with Gasteiger partial charge < -0.3 is 4.74 Å². The van der Waals surface area contributed by atoms with Gasteiger partial charge in [-0.2, -0.15) is 0 Å². The van der Waals surface area contributed by atoms with E-state index in [4.69, 9.17) is 4.74 Å². The van der Waals surface area contributed by atoms with Crippen LogP contribution in [0.5, 0.6) is 0 Å². The summed E-state index contributed by atoms with van der Waals surface area (Å²) in [5, 5.41) is 0. The molecule has 50 valence electrons. The summed E-state index contributed by atoms with van der Waals surface area (Å²) in [6, 6.07) is 0. The van der Waals surface area contributed by atoms with E-state index in [9.17, 15) is 0 Å². The van der Waals surface area contributed by atoms with Crippen molar-refractivity contribution in [3.05, 3.63) is 23.6 Å². The molecular weight excluding hydrogens is 128 g/mol. The zero-order valence-corrected chi connectivity index (χ0v) is 5.32. The van der Waals surface area contributed by atoms with Gasteiger partial charge in [0.25, 0.3) is 0 Å². The van der Waals surface area contributed by atoms with Gasteiger partial charge in [0.2, 0.25) is 0 Å². The number of hydrogen-bond acceptors (Lipinski definition) is 3. The highest BCUT2D eigenvalue weighted by Gasteiger charge is 2.10. The van der Waals surface area contributed by atoms with Crippen LogP contribution in [0.25, 0.3) is 0 Å². The number of allylic oxidation sites excluding steroid dienone is 1. The van der Waals surface area contributed by atoms with Gasteiger partial charge in [-0.1, -0.05) is 0 Å². The lowest BCUT2D eigenvalue weighted by Gasteiger charge is -1.95. The fourth-order valence-electron chi connectivity index (χ4n) is 0.879. The highest BCUT2D eigenvalue weighted by Crippen LogP contribution is 2.19. The predicted molar refractivity (Wildman–Crippen MR) is 39.1 cm³/mol. The lowest BCUT2D eigenvalue weighted by Crippen LogP contribution is -1.82. The maximum Gasteiger partial charge on any atom is 0.146 e. The van der Waals surface area contributed by atoms with Gasteiger partial charge in [0.05, 0.1) is 0 Å². The lowest BCUT2D eigenvalue weighted by molar-refractivity contribution is 0.276. The van der Waals surface area contributed by atoms with E-state index in [0.29, 0.717) is 6.61 Å². The second-order valence-electron chi connectivity index (χ2n) is 1.97. The smallest absolute Gasteiger partial charge is 0.146 e. The van der Waals surface area contributed by atoms with Crippen LogP contribution in [-0.2, 0) is 4.74 Å². The van der Waals surface area contributed by atoms with Crippen molar-refractivity contribution in [2.75, 3.05) is 6.61 Å². The van der Waals surface area contributed by atoms with E-state index in [0.717, 1.165) is 11.5 Å². The van der Waals surface area contributed by atoms with Crippen molar-refractivity contribution >= 4 is 12.6 Å². The second-order valence-corrected chi connectivity index (χ2v) is 1.97. The van der Waals surface area contributed by atoms with Crippen molar-refractivity contribution in [3.63, 3.8) is 0 Å². The third-order valence-electron chi connectivity index (χ3n) is 1.34. The molecule has 2 rings (SSSR count). The summed E-state index contributed by atoms with van der Waals surface area (Å²) in [6.45, 7) is 0.631. The summed E-state index contributed by atoms with van der Waals surface area (Å²) < 4.78 is 5.20. The summed E-state index contributed by atoms with van der Waals surface area (Å²) in [7, 11) is 0. The molecule has 0 spiro atoms. The molecule has 2 aliphatic rings. The lowest BCUT2D eigenvalue weighted by atomic mass is 10.3. The Hall–Kier alpha value is -1.38. The molecule has 0 saturated heterocycles. The van der Waals surface area contributed by atoms with Gasteiger partial charge in [0.1, 0.15) is 24.4 Å². The Balaban J connectivity index is 2.42. The molecule has 3 heteroatoms. The standard InChI is InChI=1S/C7H6N2O/c1-3-8-5-9-6-2-4-10-7(1)6/h1-3,5H,4H2. The first-order chi connectivity index (χ1) is 4.97. The van der Waals surface area contributed by atoms with Crippen LogP contribution in [0.3, 0.4) is 0 Å². The molecule has 0 atom stereocenters. The Morgan fingerprint density at radius 1 is 1.50 bits per heavy atom. The molecule has 10 heavy (non-hydrogen) atoms. The van der Waals surface area contributed by atoms with E-state index in [2.05, 4.69) is 9.98 Å². The van der Waals surface area contributed by atoms with Gasteiger partial charge >= 0.3 is 0 Å². The van der Waals surface area contributed by atoms with Gasteiger partial charge in [0.15, 0.2) is 0 Å². The SMILES string of the molecule is C1=NC=NC2=CCOC2=C1. The molecule has 0 fully saturated rings. The van der Waals surface area contributed by atoms with E-state index in [1.54, 1.807) is 6.21 Å². The number of nitrogens with zero attached hydrogens (tertiary/aromatic N) is 2. The van der Waals surface area contributed by atoms with Crippen LogP contribution >= 0.6 is 0 Å². The fourth-order valence-corrected chi connectivity index (χ4v) is 0.879. The topological polar surface area (TPSA) is 34.0 Å². The minimum Gasteiger partial charge on any atom is -0.487 e. The van der Waals surface area contributed by atoms with Crippen molar-refractivity contribution in [2.45, 2.75) is 0 Å². The molecule has 0 N–H and O–H groups in total. The highest BCUT2D eigenvalue weighted by atomic mass is 16.5. The third-order valence-corrected chi connectivity index (χ3v) is 1.34. The zero-order chi connectivity index (χ0) is 6.81. The number of aliphatic imine (C=N–C) groups is 2. The van der Waals surface area contributed by atoms with Crippen LogP contribution in [0.4, 0.5) is 0 Å². The maximum atomic E-state index is 5.20. The predicted octanol–water partition coefficient (Wildman–Crippen LogP) is 0.897. The summed E-state index contributed by atoms with van der Waals surface area (Å²) >= 11 is 0. The van der Waals surface area contributed by atoms with Crippen molar-refractivity contribution < 1.29 is 4.74 Å². The molecule has 0 aromatic rings. The minimum atomic E-state index is 0.631. The molecular formula is C7H6N2O. The average Bonchev–Trinajstić information content (AvgIpc) is 2.28. The molecule has 3 nitrogen and oxygen atoms in total. The Labute approximate surface area is 58.4 Å². The van der Waals surface area contributed by atoms with Crippen LogP contribution in [0.1, 0.15) is 0 Å². The fraction of sp³-hybridized carbons (Fsp3) is 0.143. The number of hydrogen-bond donors (Lipinski definition) is 0. The van der Waals surface area contributed by atoms with Crippen LogP contribution in [0.2, 0.25) is 0 Å². The van der Waals surface area contributed by atoms with Crippen LogP contribution in [0.15, 0.2) is 33.6 Å². The first-order valence-corrected chi connectivity index (χ1v) is 3.06. The van der Waals surface area contributed by atoms with E-state index in [-0.39, 0.29) is 0 Å². The van der Waals surface area contributed by atoms with E-state index < -0.39 is 0 Å². The van der Waals surface area contributed by atoms with E-state index in [1.807, 2.05) is 12.2 Å². The Bertz CT molecular complexity index is 261. The van der Waals surface area contributed by atoms with Crippen LogP contribution in [-0.4, -0.2) is 19.2 Å². The molecule has 0 aromatic heterocycles. The van der Waals surface area contributed by atoms with Crippen molar-refractivity contribution in [3.8, 4) is 0 Å². The van der Waals surface area contributed by atoms with Crippen LogP contribution < -0.4 is 0 Å². The Morgan fingerprint density at radius 2 is 2.50 bits per heavy atom. The van der Waals surface area contributed by atoms with E-state index >= 15 is 0 Å². The molecule has 0 unspecified atom stereocenters. The summed E-state index contributed by atoms with van der Waals surface area (Å²) in [5.41, 5.74) is 0.887. The van der Waals surface area contributed by atoms with E-state index in [1.165, 1.54) is 6.34 Å². The first-order valence-electron chi connectivity index (χ1n) is 3.06. The van der Waals surface area contributed by atoms with Crippen molar-refractivity contribution in [1.82, 2.24) is 0 Å². The molecule has 0 aromatic carbocycles. The molecule has 2 aliphatic heterocycles. The van der Waals surface area contributed by atoms with Gasteiger partial charge in [0, 0.05) is 12.3 Å². The molecule has 0 radical (unpaired) electrons. The number of fused-ring (bicyclic) bond motifs is 1. The number of ether oxygens (including phenoxy) is 1. The Kier molecular flexibility index (Phi) is 1.13. The third kappa shape index (κ3) is 0.757. The van der Waals surface area contributed by atoms with Gasteiger partial charge in [-0.3, -0.25) is 0 Å². The quantitative estimate of drug-likeness (QED) is 0.484. The minimum absolute atomic E-state index is 0.631. The zero-order valence-electron chi connectivity index (χ0n) is 5.32. The molecule has 0 saturated carbocycles. The Morgan fingerprint density at radius 3 is 3.50 bits per heavy atom. The van der Waals surface area contributed by atoms with Crippen molar-refractivity contribution in [1.29, 1.82) is 0 Å². The monoisotopic (exact) mass is 134 g/mol. The van der Waals surface area contributed by atoms with Crippen molar-refractivity contribution in [2.24, 2.45) is 9.98 Å².